The van der Waals surface area contributed by atoms with Crippen LogP contribution in [0.3, 0.4) is 0 Å². The molecule has 160 valence electrons. The van der Waals surface area contributed by atoms with E-state index >= 15 is 0 Å². The molecular weight excluding hydrogens is 410 g/mol. The van der Waals surface area contributed by atoms with Crippen LogP contribution in [0.5, 0.6) is 17.2 Å². The number of hydrogen-bond donors (Lipinski definition) is 0. The lowest BCUT2D eigenvalue weighted by molar-refractivity contribution is 0.324. The Balaban J connectivity index is 1.74. The average Bonchev–Trinajstić information content (AvgIpc) is 3.49. The van der Waals surface area contributed by atoms with Crippen molar-refractivity contribution < 1.29 is 14.2 Å². The maximum absolute atomic E-state index is 5.58. The number of benzene rings is 2. The summed E-state index contributed by atoms with van der Waals surface area (Å²) in [5.41, 5.74) is 5.12. The van der Waals surface area contributed by atoms with Gasteiger partial charge >= 0.3 is 0 Å². The predicted molar refractivity (Wildman–Crippen MR) is 123 cm³/mol. The summed E-state index contributed by atoms with van der Waals surface area (Å²) in [5.74, 6) is 2.36. The Morgan fingerprint density at radius 3 is 2.19 bits per heavy atom. The highest BCUT2D eigenvalue weighted by molar-refractivity contribution is 7.16. The van der Waals surface area contributed by atoms with Crippen molar-refractivity contribution in [2.45, 2.75) is 32.1 Å². The fraction of sp³-hybridized carbons (Fsp3) is 0.333. The number of hydrogen-bond acceptors (Lipinski definition) is 6. The average molecular weight is 436 g/mol. The van der Waals surface area contributed by atoms with Crippen molar-refractivity contribution in [2.75, 3.05) is 21.3 Å². The summed E-state index contributed by atoms with van der Waals surface area (Å²) in [6.07, 6.45) is 3.44. The van der Waals surface area contributed by atoms with Crippen molar-refractivity contribution in [3.63, 3.8) is 0 Å². The van der Waals surface area contributed by atoms with E-state index in [4.69, 9.17) is 24.3 Å². The number of ether oxygens (including phenoxy) is 3. The summed E-state index contributed by atoms with van der Waals surface area (Å²) in [6, 6.07) is 12.5. The first-order chi connectivity index (χ1) is 15.2. The van der Waals surface area contributed by atoms with Gasteiger partial charge in [-0.3, -0.25) is 0 Å². The van der Waals surface area contributed by atoms with E-state index in [0.29, 0.717) is 23.2 Å². The second kappa shape index (κ2) is 7.89. The minimum absolute atomic E-state index is 0.567. The summed E-state index contributed by atoms with van der Waals surface area (Å²) in [7, 11) is 4.86. The van der Waals surface area contributed by atoms with E-state index < -0.39 is 0 Å². The zero-order valence-electron chi connectivity index (χ0n) is 18.1. The van der Waals surface area contributed by atoms with Crippen LogP contribution in [0.15, 0.2) is 36.4 Å². The zero-order chi connectivity index (χ0) is 21.5. The van der Waals surface area contributed by atoms with Gasteiger partial charge in [-0.05, 0) is 37.0 Å². The van der Waals surface area contributed by atoms with Crippen LogP contribution in [0.1, 0.15) is 36.3 Å². The highest BCUT2D eigenvalue weighted by Crippen LogP contribution is 2.46. The Kier molecular flexibility index (Phi) is 5.06. The molecule has 0 radical (unpaired) electrons. The smallest absolute Gasteiger partial charge is 0.213 e. The van der Waals surface area contributed by atoms with E-state index in [2.05, 4.69) is 31.2 Å². The molecule has 1 aliphatic rings. The molecule has 0 saturated heterocycles. The molecule has 6 nitrogen and oxygen atoms in total. The van der Waals surface area contributed by atoms with Gasteiger partial charge in [-0.25, -0.2) is 9.50 Å². The van der Waals surface area contributed by atoms with Gasteiger partial charge in [0.25, 0.3) is 0 Å². The largest absolute Gasteiger partial charge is 0.493 e. The van der Waals surface area contributed by atoms with Crippen molar-refractivity contribution >= 4 is 16.3 Å². The van der Waals surface area contributed by atoms with Crippen LogP contribution in [0.25, 0.3) is 27.5 Å². The Morgan fingerprint density at radius 2 is 1.65 bits per heavy atom. The lowest BCUT2D eigenvalue weighted by atomic mass is 10.0. The maximum atomic E-state index is 5.58. The predicted octanol–water partition coefficient (Wildman–Crippen LogP) is 5.59. The number of aromatic nitrogens is 3. The summed E-state index contributed by atoms with van der Waals surface area (Å²) in [4.78, 5) is 5.91. The van der Waals surface area contributed by atoms with E-state index in [1.807, 2.05) is 16.6 Å². The van der Waals surface area contributed by atoms with Crippen molar-refractivity contribution in [2.24, 2.45) is 0 Å². The first-order valence-electron chi connectivity index (χ1n) is 10.5. The van der Waals surface area contributed by atoms with Gasteiger partial charge < -0.3 is 14.2 Å². The van der Waals surface area contributed by atoms with Crippen LogP contribution in [0.2, 0.25) is 0 Å². The maximum Gasteiger partial charge on any atom is 0.213 e. The summed E-state index contributed by atoms with van der Waals surface area (Å²) >= 11 is 1.68. The summed E-state index contributed by atoms with van der Waals surface area (Å²) < 4.78 is 18.7. The van der Waals surface area contributed by atoms with E-state index in [9.17, 15) is 0 Å². The molecule has 4 aromatic rings. The minimum Gasteiger partial charge on any atom is -0.493 e. The molecule has 0 N–H and O–H groups in total. The van der Waals surface area contributed by atoms with Crippen LogP contribution < -0.4 is 14.2 Å². The second-order valence-electron chi connectivity index (χ2n) is 7.68. The monoisotopic (exact) mass is 435 g/mol. The van der Waals surface area contributed by atoms with Crippen LogP contribution in [-0.2, 0) is 6.42 Å². The molecule has 2 aromatic carbocycles. The van der Waals surface area contributed by atoms with E-state index in [0.717, 1.165) is 33.9 Å². The van der Waals surface area contributed by atoms with Gasteiger partial charge in [-0.1, -0.05) is 42.5 Å². The lowest BCUT2D eigenvalue weighted by Crippen LogP contribution is -1.97. The molecule has 0 spiro atoms. The molecule has 2 heterocycles. The molecule has 1 saturated carbocycles. The minimum atomic E-state index is 0.567. The van der Waals surface area contributed by atoms with Crippen LogP contribution in [-0.4, -0.2) is 35.9 Å². The van der Waals surface area contributed by atoms with Gasteiger partial charge in [0.15, 0.2) is 11.5 Å². The van der Waals surface area contributed by atoms with Crippen molar-refractivity contribution in [1.82, 2.24) is 14.6 Å². The first kappa shape index (κ1) is 19.9. The molecule has 5 rings (SSSR count). The van der Waals surface area contributed by atoms with Gasteiger partial charge in [-0.15, -0.1) is 0 Å². The number of fused-ring (bicyclic) bond motifs is 1. The third-order valence-electron chi connectivity index (χ3n) is 5.72. The van der Waals surface area contributed by atoms with Gasteiger partial charge in [0, 0.05) is 17.0 Å². The first-order valence-corrected chi connectivity index (χ1v) is 11.3. The fourth-order valence-corrected chi connectivity index (χ4v) is 4.90. The van der Waals surface area contributed by atoms with Crippen molar-refractivity contribution in [3.05, 3.63) is 47.0 Å². The molecule has 7 heteroatoms. The number of rotatable bonds is 7. The number of imidazole rings is 1. The van der Waals surface area contributed by atoms with E-state index in [1.165, 1.54) is 23.4 Å². The second-order valence-corrected chi connectivity index (χ2v) is 8.67. The third-order valence-corrected chi connectivity index (χ3v) is 6.79. The topological polar surface area (TPSA) is 57.9 Å². The molecule has 0 atom stereocenters. The highest BCUT2D eigenvalue weighted by atomic mass is 32.1. The highest BCUT2D eigenvalue weighted by Gasteiger charge is 2.30. The van der Waals surface area contributed by atoms with Crippen LogP contribution >= 0.6 is 11.3 Å². The number of nitrogens with zero attached hydrogens (tertiary/aromatic N) is 3. The lowest BCUT2D eigenvalue weighted by Gasteiger charge is -2.14. The van der Waals surface area contributed by atoms with Crippen LogP contribution in [0, 0.1) is 0 Å². The Labute approximate surface area is 185 Å². The molecule has 0 aliphatic heterocycles. The molecule has 0 unspecified atom stereocenters. The van der Waals surface area contributed by atoms with Crippen LogP contribution in [0.4, 0.5) is 0 Å². The normalized spacial score (nSPS) is 13.5. The Hall–Kier alpha value is -3.06. The molecule has 0 bridgehead atoms. The number of aryl methyl sites for hydroxylation is 1. The molecular formula is C24H25N3O3S. The van der Waals surface area contributed by atoms with E-state index in [-0.39, 0.29) is 0 Å². The number of methoxy groups -OCH3 is 3. The van der Waals surface area contributed by atoms with Gasteiger partial charge in [0.1, 0.15) is 16.4 Å². The fourth-order valence-electron chi connectivity index (χ4n) is 3.83. The van der Waals surface area contributed by atoms with Gasteiger partial charge in [-0.2, -0.15) is 5.10 Å². The standard InChI is InChI=1S/C24H25N3O3S/c1-5-14-6-8-15(9-7-14)21-20(25-24-27(21)26-23(31-24)16-10-11-16)17-12-18(28-2)22(30-4)19(13-17)29-3/h6-9,12-13,16H,5,10-11H2,1-4H3. The molecule has 2 aromatic heterocycles. The molecule has 0 amide bonds. The Bertz CT molecular complexity index is 1210. The van der Waals surface area contributed by atoms with Gasteiger partial charge in [0.2, 0.25) is 10.7 Å². The van der Waals surface area contributed by atoms with Crippen molar-refractivity contribution in [1.29, 1.82) is 0 Å². The van der Waals surface area contributed by atoms with E-state index in [1.54, 1.807) is 32.7 Å². The third kappa shape index (κ3) is 3.43. The Morgan fingerprint density at radius 1 is 0.968 bits per heavy atom. The summed E-state index contributed by atoms with van der Waals surface area (Å²) in [5, 5.41) is 6.12. The van der Waals surface area contributed by atoms with Crippen molar-refractivity contribution in [3.8, 4) is 39.8 Å². The zero-order valence-corrected chi connectivity index (χ0v) is 19.0. The molecule has 1 fully saturated rings. The SMILES string of the molecule is CCc1ccc(-c2c(-c3cc(OC)c(OC)c(OC)c3)nc3sc(C4CC4)nn23)cc1. The summed E-state index contributed by atoms with van der Waals surface area (Å²) in [6.45, 7) is 2.16. The molecule has 1 aliphatic carbocycles. The van der Waals surface area contributed by atoms with Gasteiger partial charge in [0.05, 0.1) is 21.3 Å². The quantitative estimate of drug-likeness (QED) is 0.379. The molecule has 31 heavy (non-hydrogen) atoms.